The second-order valence-corrected chi connectivity index (χ2v) is 5.12. The van der Waals surface area contributed by atoms with E-state index in [0.717, 1.165) is 5.56 Å². The van der Waals surface area contributed by atoms with Crippen molar-refractivity contribution < 1.29 is 14.3 Å². The van der Waals surface area contributed by atoms with E-state index >= 15 is 0 Å². The lowest BCUT2D eigenvalue weighted by Crippen LogP contribution is -2.21. The molecule has 1 atom stereocenters. The van der Waals surface area contributed by atoms with Crippen LogP contribution in [0.3, 0.4) is 0 Å². The van der Waals surface area contributed by atoms with Crippen LogP contribution in [0.4, 0.5) is 0 Å². The largest absolute Gasteiger partial charge is 0.508 e. The van der Waals surface area contributed by atoms with Crippen molar-refractivity contribution >= 4 is 11.0 Å². The first-order chi connectivity index (χ1) is 10.7. The quantitative estimate of drug-likeness (QED) is 0.693. The Morgan fingerprint density at radius 2 is 2.00 bits per heavy atom. The molecule has 1 aliphatic rings. The molecule has 1 N–H and O–H groups in total. The maximum atomic E-state index is 12.8. The Labute approximate surface area is 125 Å². The number of ether oxygens (including phenoxy) is 1. The highest BCUT2D eigenvalue weighted by atomic mass is 16.5. The van der Waals surface area contributed by atoms with Gasteiger partial charge in [0.2, 0.25) is 5.43 Å². The zero-order valence-electron chi connectivity index (χ0n) is 11.6. The lowest BCUT2D eigenvalue weighted by Gasteiger charge is -2.25. The van der Waals surface area contributed by atoms with Crippen molar-refractivity contribution in [2.24, 2.45) is 0 Å². The standard InChI is InChI=1S/C18H12O4/c1-2-13-16-17(20)11-8-7-10(19)9-15(11)22-18(16)12-5-3-4-6-14(12)21-13/h2-9,13,19H,1H2. The molecule has 1 aliphatic heterocycles. The predicted octanol–water partition coefficient (Wildman–Crippen LogP) is 3.79. The Bertz CT molecular complexity index is 968. The number of hydrogen-bond acceptors (Lipinski definition) is 4. The van der Waals surface area contributed by atoms with Gasteiger partial charge in [0.1, 0.15) is 28.9 Å². The van der Waals surface area contributed by atoms with Crippen LogP contribution in [0.2, 0.25) is 0 Å². The van der Waals surface area contributed by atoms with Gasteiger partial charge in [-0.2, -0.15) is 0 Å². The highest BCUT2D eigenvalue weighted by molar-refractivity contribution is 5.83. The molecular weight excluding hydrogens is 280 g/mol. The average molecular weight is 292 g/mol. The summed E-state index contributed by atoms with van der Waals surface area (Å²) in [5.41, 5.74) is 1.34. The molecule has 0 aliphatic carbocycles. The summed E-state index contributed by atoms with van der Waals surface area (Å²) < 4.78 is 11.8. The number of hydrogen-bond donors (Lipinski definition) is 1. The fourth-order valence-corrected chi connectivity index (χ4v) is 2.77. The van der Waals surface area contributed by atoms with Crippen LogP contribution < -0.4 is 10.2 Å². The van der Waals surface area contributed by atoms with E-state index < -0.39 is 6.10 Å². The Morgan fingerprint density at radius 1 is 1.18 bits per heavy atom. The minimum Gasteiger partial charge on any atom is -0.508 e. The molecule has 4 rings (SSSR count). The summed E-state index contributed by atoms with van der Waals surface area (Å²) in [5.74, 6) is 1.16. The normalized spacial score (nSPS) is 15.7. The molecule has 108 valence electrons. The van der Waals surface area contributed by atoms with Crippen molar-refractivity contribution in [3.63, 3.8) is 0 Å². The smallest absolute Gasteiger partial charge is 0.200 e. The first-order valence-corrected chi connectivity index (χ1v) is 6.87. The molecule has 0 spiro atoms. The summed E-state index contributed by atoms with van der Waals surface area (Å²) in [6.45, 7) is 3.75. The fraction of sp³-hybridized carbons (Fsp3) is 0.0556. The topological polar surface area (TPSA) is 59.7 Å². The lowest BCUT2D eigenvalue weighted by molar-refractivity contribution is 0.246. The summed E-state index contributed by atoms with van der Waals surface area (Å²) in [6.07, 6.45) is 1.03. The molecule has 2 aromatic carbocycles. The van der Waals surface area contributed by atoms with Crippen LogP contribution in [-0.4, -0.2) is 5.11 Å². The molecule has 22 heavy (non-hydrogen) atoms. The second kappa shape index (κ2) is 4.49. The zero-order valence-corrected chi connectivity index (χ0v) is 11.6. The molecule has 3 aromatic rings. The van der Waals surface area contributed by atoms with Gasteiger partial charge in [-0.3, -0.25) is 4.79 Å². The molecule has 1 unspecified atom stereocenters. The zero-order chi connectivity index (χ0) is 15.3. The van der Waals surface area contributed by atoms with Crippen molar-refractivity contribution in [3.8, 4) is 22.8 Å². The minimum atomic E-state index is -0.556. The van der Waals surface area contributed by atoms with E-state index in [9.17, 15) is 9.90 Å². The highest BCUT2D eigenvalue weighted by Crippen LogP contribution is 2.42. The SMILES string of the molecule is C=CC1Oc2ccccc2-c2oc3cc(O)ccc3c(=O)c21. The Morgan fingerprint density at radius 3 is 2.82 bits per heavy atom. The van der Waals surface area contributed by atoms with Gasteiger partial charge in [-0.15, -0.1) is 0 Å². The molecule has 0 saturated carbocycles. The van der Waals surface area contributed by atoms with E-state index in [1.807, 2.05) is 24.3 Å². The van der Waals surface area contributed by atoms with Crippen molar-refractivity contribution in [2.75, 3.05) is 0 Å². The molecule has 0 fully saturated rings. The summed E-state index contributed by atoms with van der Waals surface area (Å²) in [6, 6.07) is 11.8. The Hall–Kier alpha value is -3.01. The average Bonchev–Trinajstić information content (AvgIpc) is 2.53. The monoisotopic (exact) mass is 292 g/mol. The molecule has 0 amide bonds. The highest BCUT2D eigenvalue weighted by Gasteiger charge is 2.30. The van der Waals surface area contributed by atoms with Crippen LogP contribution in [0.1, 0.15) is 11.7 Å². The number of phenolic OH excluding ortho intramolecular Hbond substituents is 1. The van der Waals surface area contributed by atoms with Gasteiger partial charge in [-0.25, -0.2) is 0 Å². The van der Waals surface area contributed by atoms with Crippen molar-refractivity contribution in [1.82, 2.24) is 0 Å². The van der Waals surface area contributed by atoms with Crippen molar-refractivity contribution in [3.05, 3.63) is 70.9 Å². The van der Waals surface area contributed by atoms with E-state index in [1.54, 1.807) is 12.1 Å². The molecule has 2 heterocycles. The third-order valence-electron chi connectivity index (χ3n) is 3.80. The maximum absolute atomic E-state index is 12.8. The van der Waals surface area contributed by atoms with Gasteiger partial charge in [0, 0.05) is 6.07 Å². The number of fused-ring (bicyclic) bond motifs is 4. The first-order valence-electron chi connectivity index (χ1n) is 6.87. The van der Waals surface area contributed by atoms with Gasteiger partial charge in [0.25, 0.3) is 0 Å². The van der Waals surface area contributed by atoms with Crippen LogP contribution in [0.25, 0.3) is 22.3 Å². The molecule has 1 aromatic heterocycles. The first kappa shape index (κ1) is 12.7. The number of rotatable bonds is 1. The van der Waals surface area contributed by atoms with Crippen molar-refractivity contribution in [2.45, 2.75) is 6.10 Å². The van der Waals surface area contributed by atoms with Gasteiger partial charge in [0.15, 0.2) is 0 Å². The maximum Gasteiger partial charge on any atom is 0.200 e. The predicted molar refractivity (Wildman–Crippen MR) is 83.2 cm³/mol. The number of aromatic hydroxyl groups is 1. The van der Waals surface area contributed by atoms with E-state index in [2.05, 4.69) is 6.58 Å². The van der Waals surface area contributed by atoms with Gasteiger partial charge < -0.3 is 14.3 Å². The van der Waals surface area contributed by atoms with Crippen LogP contribution >= 0.6 is 0 Å². The molecule has 4 nitrogen and oxygen atoms in total. The number of benzene rings is 2. The fourth-order valence-electron chi connectivity index (χ4n) is 2.77. The molecular formula is C18H12O4. The van der Waals surface area contributed by atoms with E-state index in [0.29, 0.717) is 28.0 Å². The second-order valence-electron chi connectivity index (χ2n) is 5.12. The van der Waals surface area contributed by atoms with Gasteiger partial charge in [0.05, 0.1) is 16.5 Å². The van der Waals surface area contributed by atoms with E-state index in [4.69, 9.17) is 9.15 Å². The third kappa shape index (κ3) is 1.67. The molecule has 4 heteroatoms. The summed E-state index contributed by atoms with van der Waals surface area (Å²) in [4.78, 5) is 12.8. The number of para-hydroxylation sites is 1. The van der Waals surface area contributed by atoms with Crippen LogP contribution in [0.15, 0.2) is 64.3 Å². The summed E-state index contributed by atoms with van der Waals surface area (Å²) in [7, 11) is 0. The van der Waals surface area contributed by atoms with Crippen molar-refractivity contribution in [1.29, 1.82) is 0 Å². The van der Waals surface area contributed by atoms with E-state index in [-0.39, 0.29) is 11.2 Å². The van der Waals surface area contributed by atoms with E-state index in [1.165, 1.54) is 12.1 Å². The Balaban J connectivity index is 2.16. The molecule has 0 saturated heterocycles. The van der Waals surface area contributed by atoms with Gasteiger partial charge in [-0.1, -0.05) is 18.7 Å². The van der Waals surface area contributed by atoms with Crippen LogP contribution in [0, 0.1) is 0 Å². The summed E-state index contributed by atoms with van der Waals surface area (Å²) in [5, 5.41) is 10.0. The molecule has 0 radical (unpaired) electrons. The summed E-state index contributed by atoms with van der Waals surface area (Å²) >= 11 is 0. The van der Waals surface area contributed by atoms with Gasteiger partial charge in [-0.05, 0) is 30.3 Å². The lowest BCUT2D eigenvalue weighted by atomic mass is 9.97. The minimum absolute atomic E-state index is 0.0521. The van der Waals surface area contributed by atoms with Crippen LogP contribution in [-0.2, 0) is 0 Å². The third-order valence-corrected chi connectivity index (χ3v) is 3.80. The number of phenols is 1. The van der Waals surface area contributed by atoms with Crippen LogP contribution in [0.5, 0.6) is 11.5 Å². The van der Waals surface area contributed by atoms with Gasteiger partial charge >= 0.3 is 0 Å². The molecule has 0 bridgehead atoms. The Kier molecular flexibility index (Phi) is 2.60.